The van der Waals surface area contributed by atoms with E-state index in [1.165, 1.54) is 24.0 Å². The lowest BCUT2D eigenvalue weighted by Gasteiger charge is -2.22. The number of rotatable bonds is 2. The van der Waals surface area contributed by atoms with Crippen LogP contribution >= 0.6 is 0 Å². The number of hydrogen-bond acceptors (Lipinski definition) is 1. The maximum absolute atomic E-state index is 10.4. The van der Waals surface area contributed by atoms with Gasteiger partial charge in [0.2, 0.25) is 0 Å². The Kier molecular flexibility index (Phi) is 3.91. The fourth-order valence-electron chi connectivity index (χ4n) is 2.49. The lowest BCUT2D eigenvalue weighted by Crippen LogP contribution is -2.11. The first-order chi connectivity index (χ1) is 8.48. The molecule has 0 saturated heterocycles. The fraction of sp³-hybridized carbons (Fsp3) is 0.529. The van der Waals surface area contributed by atoms with Crippen molar-refractivity contribution >= 4 is 0 Å². The highest BCUT2D eigenvalue weighted by molar-refractivity contribution is 5.32. The lowest BCUT2D eigenvalue weighted by atomic mass is 9.85. The van der Waals surface area contributed by atoms with E-state index < -0.39 is 6.10 Å². The van der Waals surface area contributed by atoms with Crippen molar-refractivity contribution < 1.29 is 5.11 Å². The van der Waals surface area contributed by atoms with Crippen molar-refractivity contribution in [3.63, 3.8) is 0 Å². The molecule has 1 aliphatic carbocycles. The quantitative estimate of drug-likeness (QED) is 0.758. The number of benzene rings is 1. The summed E-state index contributed by atoms with van der Waals surface area (Å²) in [6.45, 7) is 6.63. The highest BCUT2D eigenvalue weighted by Gasteiger charge is 2.17. The van der Waals surface area contributed by atoms with E-state index in [4.69, 9.17) is 0 Å². The highest BCUT2D eigenvalue weighted by Crippen LogP contribution is 2.31. The molecule has 2 rings (SSSR count). The molecule has 0 heterocycles. The molecule has 0 bridgehead atoms. The molecular formula is C17H24O. The summed E-state index contributed by atoms with van der Waals surface area (Å²) in [6.07, 6.45) is 6.45. The van der Waals surface area contributed by atoms with Crippen LogP contribution in [-0.2, 0) is 5.41 Å². The van der Waals surface area contributed by atoms with Gasteiger partial charge in [-0.3, -0.25) is 0 Å². The van der Waals surface area contributed by atoms with Crippen LogP contribution in [0.5, 0.6) is 0 Å². The highest BCUT2D eigenvalue weighted by atomic mass is 16.3. The molecule has 0 spiro atoms. The van der Waals surface area contributed by atoms with Crippen LogP contribution in [0.4, 0.5) is 0 Å². The summed E-state index contributed by atoms with van der Waals surface area (Å²) >= 11 is 0. The Morgan fingerprint density at radius 3 is 2.22 bits per heavy atom. The molecule has 1 unspecified atom stereocenters. The average Bonchev–Trinajstić information content (AvgIpc) is 2.38. The Bertz CT molecular complexity index is 420. The molecule has 0 aromatic heterocycles. The summed E-state index contributed by atoms with van der Waals surface area (Å²) in [6, 6.07) is 8.42. The van der Waals surface area contributed by atoms with Crippen LogP contribution in [0, 0.1) is 0 Å². The summed E-state index contributed by atoms with van der Waals surface area (Å²) < 4.78 is 0. The van der Waals surface area contributed by atoms with Crippen molar-refractivity contribution in [2.45, 2.75) is 58.0 Å². The molecule has 98 valence electrons. The second kappa shape index (κ2) is 5.27. The van der Waals surface area contributed by atoms with Crippen molar-refractivity contribution in [2.24, 2.45) is 0 Å². The van der Waals surface area contributed by atoms with E-state index in [0.717, 1.165) is 18.4 Å². The van der Waals surface area contributed by atoms with Crippen LogP contribution in [0.3, 0.4) is 0 Å². The van der Waals surface area contributed by atoms with Gasteiger partial charge in [-0.25, -0.2) is 0 Å². The van der Waals surface area contributed by atoms with E-state index in [9.17, 15) is 5.11 Å². The molecule has 0 radical (unpaired) electrons. The second-order valence-electron chi connectivity index (χ2n) is 6.30. The first-order valence-electron chi connectivity index (χ1n) is 6.96. The molecule has 1 N–H and O–H groups in total. The molecule has 1 aromatic carbocycles. The largest absolute Gasteiger partial charge is 0.384 e. The van der Waals surface area contributed by atoms with Crippen LogP contribution in [0.1, 0.15) is 63.7 Å². The van der Waals surface area contributed by atoms with Gasteiger partial charge in [0.25, 0.3) is 0 Å². The number of aliphatic hydroxyl groups is 1. The minimum absolute atomic E-state index is 0.174. The molecule has 0 saturated carbocycles. The maximum atomic E-state index is 10.4. The zero-order valence-electron chi connectivity index (χ0n) is 11.7. The Labute approximate surface area is 111 Å². The molecule has 18 heavy (non-hydrogen) atoms. The minimum atomic E-state index is -0.403. The van der Waals surface area contributed by atoms with Gasteiger partial charge in [-0.1, -0.05) is 51.1 Å². The van der Waals surface area contributed by atoms with Gasteiger partial charge in [0.15, 0.2) is 0 Å². The maximum Gasteiger partial charge on any atom is 0.100 e. The smallest absolute Gasteiger partial charge is 0.100 e. The average molecular weight is 244 g/mol. The van der Waals surface area contributed by atoms with Gasteiger partial charge >= 0.3 is 0 Å². The van der Waals surface area contributed by atoms with Crippen molar-refractivity contribution in [2.75, 3.05) is 0 Å². The van der Waals surface area contributed by atoms with E-state index >= 15 is 0 Å². The Morgan fingerprint density at radius 2 is 1.72 bits per heavy atom. The van der Waals surface area contributed by atoms with Gasteiger partial charge in [0.1, 0.15) is 6.10 Å². The second-order valence-corrected chi connectivity index (χ2v) is 6.30. The zero-order chi connectivity index (χ0) is 13.2. The van der Waals surface area contributed by atoms with Gasteiger partial charge < -0.3 is 5.11 Å². The van der Waals surface area contributed by atoms with Gasteiger partial charge in [0, 0.05) is 0 Å². The lowest BCUT2D eigenvalue weighted by molar-refractivity contribution is 0.208. The monoisotopic (exact) mass is 244 g/mol. The summed E-state index contributed by atoms with van der Waals surface area (Å²) in [5.41, 5.74) is 3.71. The first-order valence-corrected chi connectivity index (χ1v) is 6.96. The van der Waals surface area contributed by atoms with Gasteiger partial charge in [-0.15, -0.1) is 0 Å². The van der Waals surface area contributed by atoms with Crippen molar-refractivity contribution in [1.29, 1.82) is 0 Å². The first kappa shape index (κ1) is 13.4. The van der Waals surface area contributed by atoms with Crippen LogP contribution in [0.15, 0.2) is 35.9 Å². The predicted molar refractivity (Wildman–Crippen MR) is 76.7 cm³/mol. The number of allylic oxidation sites excluding steroid dienone is 1. The molecule has 0 aliphatic heterocycles. The number of hydrogen-bond donors (Lipinski definition) is 1. The fourth-order valence-corrected chi connectivity index (χ4v) is 2.49. The van der Waals surface area contributed by atoms with E-state index in [1.807, 2.05) is 0 Å². The summed E-state index contributed by atoms with van der Waals surface area (Å²) in [5, 5.41) is 10.4. The third-order valence-electron chi connectivity index (χ3n) is 3.77. The van der Waals surface area contributed by atoms with Crippen LogP contribution in [-0.4, -0.2) is 5.11 Å². The third kappa shape index (κ3) is 3.02. The van der Waals surface area contributed by atoms with Crippen LogP contribution in [0.25, 0.3) is 0 Å². The Morgan fingerprint density at radius 1 is 1.06 bits per heavy atom. The van der Waals surface area contributed by atoms with Gasteiger partial charge in [-0.05, 0) is 47.8 Å². The van der Waals surface area contributed by atoms with Crippen LogP contribution in [0.2, 0.25) is 0 Å². The summed E-state index contributed by atoms with van der Waals surface area (Å²) in [5.74, 6) is 0. The van der Waals surface area contributed by atoms with Crippen molar-refractivity contribution in [1.82, 2.24) is 0 Å². The molecule has 1 atom stereocenters. The summed E-state index contributed by atoms with van der Waals surface area (Å²) in [7, 11) is 0. The summed E-state index contributed by atoms with van der Waals surface area (Å²) in [4.78, 5) is 0. The standard InChI is InChI=1S/C17H24O/c1-17(2,3)15-11-9-14(10-12-15)16(18)13-7-5-4-6-8-13/h7,9-12,16,18H,4-6,8H2,1-3H3. The topological polar surface area (TPSA) is 20.2 Å². The molecule has 0 fully saturated rings. The number of aliphatic hydroxyl groups excluding tert-OH is 1. The molecule has 0 amide bonds. The van der Waals surface area contributed by atoms with Crippen molar-refractivity contribution in [3.05, 3.63) is 47.0 Å². The van der Waals surface area contributed by atoms with Crippen molar-refractivity contribution in [3.8, 4) is 0 Å². The van der Waals surface area contributed by atoms with E-state index in [0.29, 0.717) is 0 Å². The Balaban J connectivity index is 2.16. The van der Waals surface area contributed by atoms with E-state index in [1.54, 1.807) is 0 Å². The minimum Gasteiger partial charge on any atom is -0.384 e. The van der Waals surface area contributed by atoms with E-state index in [2.05, 4.69) is 51.1 Å². The van der Waals surface area contributed by atoms with E-state index in [-0.39, 0.29) is 5.41 Å². The zero-order valence-corrected chi connectivity index (χ0v) is 11.7. The SMILES string of the molecule is CC(C)(C)c1ccc(C(O)C2=CCCCC2)cc1. The Hall–Kier alpha value is -1.08. The molecule has 1 aromatic rings. The molecule has 1 aliphatic rings. The normalized spacial score (nSPS) is 18.3. The molecule has 1 heteroatoms. The molecule has 1 nitrogen and oxygen atoms in total. The molecular weight excluding hydrogens is 220 g/mol. The van der Waals surface area contributed by atoms with Gasteiger partial charge in [0.05, 0.1) is 0 Å². The predicted octanol–water partition coefficient (Wildman–Crippen LogP) is 4.52. The third-order valence-corrected chi connectivity index (χ3v) is 3.77. The van der Waals surface area contributed by atoms with Crippen LogP contribution < -0.4 is 0 Å². The van der Waals surface area contributed by atoms with Gasteiger partial charge in [-0.2, -0.15) is 0 Å².